The topological polar surface area (TPSA) is 72.5 Å². The number of hydrogen-bond donors (Lipinski definition) is 1. The van der Waals surface area contributed by atoms with E-state index in [0.717, 1.165) is 0 Å². The molecule has 0 rings (SSSR count). The maximum Gasteiger partial charge on any atom is 0.408 e. The van der Waals surface area contributed by atoms with Gasteiger partial charge in [0.15, 0.2) is 0 Å². The summed E-state index contributed by atoms with van der Waals surface area (Å²) in [5, 5.41) is 2.53. The molecule has 0 saturated carbocycles. The first-order valence-corrected chi connectivity index (χ1v) is 7.26. The Hall–Kier alpha value is -1.83. The number of amides is 1. The number of Topliss-reactive ketones (excluding diaryl/α,β-unsaturated/α-hetero) is 2. The van der Waals surface area contributed by atoms with E-state index >= 15 is 0 Å². The highest BCUT2D eigenvalue weighted by Crippen LogP contribution is 2.14. The van der Waals surface area contributed by atoms with Crippen molar-refractivity contribution in [3.8, 4) is 11.8 Å². The molecular weight excluding hydrogens is 282 g/mol. The molecule has 1 amide bonds. The van der Waals surface area contributed by atoms with E-state index in [2.05, 4.69) is 17.2 Å². The monoisotopic (exact) mass is 309 g/mol. The first-order valence-electron chi connectivity index (χ1n) is 7.26. The van der Waals surface area contributed by atoms with Gasteiger partial charge in [-0.25, -0.2) is 4.79 Å². The molecule has 0 aliphatic rings. The van der Waals surface area contributed by atoms with E-state index in [1.807, 2.05) is 20.8 Å². The molecule has 1 atom stereocenters. The first kappa shape index (κ1) is 20.2. The molecule has 0 aromatic rings. The molecule has 0 aliphatic carbocycles. The summed E-state index contributed by atoms with van der Waals surface area (Å²) in [5.41, 5.74) is -0.986. The average molecular weight is 309 g/mol. The summed E-state index contributed by atoms with van der Waals surface area (Å²) in [4.78, 5) is 35.4. The Labute approximate surface area is 133 Å². The van der Waals surface area contributed by atoms with Crippen molar-refractivity contribution in [2.45, 2.75) is 67.0 Å². The maximum atomic E-state index is 11.9. The van der Waals surface area contributed by atoms with Crippen LogP contribution < -0.4 is 5.32 Å². The second-order valence-corrected chi connectivity index (χ2v) is 7.34. The van der Waals surface area contributed by atoms with Crippen LogP contribution in [0.5, 0.6) is 0 Å². The van der Waals surface area contributed by atoms with Crippen LogP contribution in [0.3, 0.4) is 0 Å². The number of rotatable bonds is 4. The van der Waals surface area contributed by atoms with Gasteiger partial charge in [0.05, 0.1) is 0 Å². The van der Waals surface area contributed by atoms with Crippen LogP contribution in [0.25, 0.3) is 0 Å². The van der Waals surface area contributed by atoms with Gasteiger partial charge in [0.25, 0.3) is 0 Å². The van der Waals surface area contributed by atoms with Crippen molar-refractivity contribution >= 4 is 17.7 Å². The Morgan fingerprint density at radius 1 is 0.955 bits per heavy atom. The fourth-order valence-electron chi connectivity index (χ4n) is 1.69. The second-order valence-electron chi connectivity index (χ2n) is 7.34. The summed E-state index contributed by atoms with van der Waals surface area (Å²) in [6.07, 6.45) is -0.701. The van der Waals surface area contributed by atoms with Crippen molar-refractivity contribution in [2.75, 3.05) is 0 Å². The molecule has 22 heavy (non-hydrogen) atoms. The first-order chi connectivity index (χ1) is 9.73. The van der Waals surface area contributed by atoms with Crippen LogP contribution in [0.4, 0.5) is 4.79 Å². The van der Waals surface area contributed by atoms with Gasteiger partial charge in [-0.2, -0.15) is 0 Å². The van der Waals surface area contributed by atoms with Gasteiger partial charge in [-0.3, -0.25) is 9.59 Å². The normalized spacial score (nSPS) is 13.0. The van der Waals surface area contributed by atoms with E-state index in [1.165, 1.54) is 13.8 Å². The van der Waals surface area contributed by atoms with Crippen molar-refractivity contribution < 1.29 is 19.1 Å². The van der Waals surface area contributed by atoms with Crippen LogP contribution in [0.2, 0.25) is 0 Å². The molecule has 124 valence electrons. The Balaban J connectivity index is 5.42. The molecule has 0 aromatic heterocycles. The van der Waals surface area contributed by atoms with E-state index in [0.29, 0.717) is 0 Å². The summed E-state index contributed by atoms with van der Waals surface area (Å²) in [6.45, 7) is 13.5. The van der Waals surface area contributed by atoms with Gasteiger partial charge in [0.1, 0.15) is 29.1 Å². The molecule has 0 fully saturated rings. The minimum Gasteiger partial charge on any atom is -0.444 e. The number of carbonyl (C=O) groups excluding carboxylic acids is 3. The van der Waals surface area contributed by atoms with Gasteiger partial charge in [0.2, 0.25) is 0 Å². The van der Waals surface area contributed by atoms with Gasteiger partial charge >= 0.3 is 6.09 Å². The Morgan fingerprint density at radius 3 is 1.73 bits per heavy atom. The number of ether oxygens (including phenoxy) is 1. The second kappa shape index (κ2) is 7.44. The highest BCUT2D eigenvalue weighted by molar-refractivity contribution is 6.01. The van der Waals surface area contributed by atoms with Crippen LogP contribution in [-0.2, 0) is 14.3 Å². The third-order valence-electron chi connectivity index (χ3n) is 2.48. The third kappa shape index (κ3) is 8.46. The zero-order valence-corrected chi connectivity index (χ0v) is 14.8. The fraction of sp³-hybridized carbons (Fsp3) is 0.706. The number of nitrogens with one attached hydrogen (secondary N) is 1. The highest BCUT2D eigenvalue weighted by atomic mass is 16.6. The van der Waals surface area contributed by atoms with Crippen LogP contribution in [0.15, 0.2) is 0 Å². The minimum atomic E-state index is -0.998. The molecule has 1 unspecified atom stereocenters. The molecule has 5 nitrogen and oxygen atoms in total. The van der Waals surface area contributed by atoms with Crippen LogP contribution >= 0.6 is 0 Å². The summed E-state index contributed by atoms with van der Waals surface area (Å²) in [5.74, 6) is 4.12. The summed E-state index contributed by atoms with van der Waals surface area (Å²) < 4.78 is 5.17. The van der Waals surface area contributed by atoms with Crippen molar-refractivity contribution in [3.05, 3.63) is 0 Å². The molecule has 0 saturated heterocycles. The average Bonchev–Trinajstić information content (AvgIpc) is 2.20. The minimum absolute atomic E-state index is 0.314. The smallest absolute Gasteiger partial charge is 0.408 e. The van der Waals surface area contributed by atoms with Gasteiger partial charge in [-0.1, -0.05) is 11.8 Å². The van der Waals surface area contributed by atoms with E-state index in [9.17, 15) is 14.4 Å². The van der Waals surface area contributed by atoms with E-state index in [4.69, 9.17) is 4.74 Å². The third-order valence-corrected chi connectivity index (χ3v) is 2.48. The van der Waals surface area contributed by atoms with Crippen LogP contribution in [0.1, 0.15) is 55.4 Å². The SMILES string of the molecule is CC(=O)C(C(C)=O)C(C#CC(C)(C)C)NC(=O)OC(C)(C)C. The largest absolute Gasteiger partial charge is 0.444 e. The lowest BCUT2D eigenvalue weighted by molar-refractivity contribution is -0.130. The van der Waals surface area contributed by atoms with Crippen molar-refractivity contribution in [1.82, 2.24) is 5.32 Å². The van der Waals surface area contributed by atoms with E-state index in [-0.39, 0.29) is 17.0 Å². The quantitative estimate of drug-likeness (QED) is 0.640. The lowest BCUT2D eigenvalue weighted by atomic mass is 9.90. The number of ketones is 2. The lowest BCUT2D eigenvalue weighted by Gasteiger charge is -2.24. The Bertz CT molecular complexity index is 483. The molecule has 0 bridgehead atoms. The standard InChI is InChI=1S/C17H27NO4/c1-11(19)14(12(2)20)13(9-10-16(3,4)5)18-15(21)22-17(6,7)8/h13-14H,1-8H3,(H,18,21). The molecule has 1 N–H and O–H groups in total. The lowest BCUT2D eigenvalue weighted by Crippen LogP contribution is -2.46. The van der Waals surface area contributed by atoms with E-state index < -0.39 is 23.7 Å². The molecule has 0 aliphatic heterocycles. The van der Waals surface area contributed by atoms with Crippen LogP contribution in [-0.4, -0.2) is 29.3 Å². The molecule has 0 heterocycles. The Morgan fingerprint density at radius 2 is 1.41 bits per heavy atom. The van der Waals surface area contributed by atoms with Crippen molar-refractivity contribution in [3.63, 3.8) is 0 Å². The molecule has 0 spiro atoms. The highest BCUT2D eigenvalue weighted by Gasteiger charge is 2.31. The number of alkyl carbamates (subject to hydrolysis) is 1. The summed E-state index contributed by atoms with van der Waals surface area (Å²) in [7, 11) is 0. The predicted octanol–water partition coefficient (Wildman–Crippen LogP) is 2.72. The van der Waals surface area contributed by atoms with Gasteiger partial charge in [-0.15, -0.1) is 0 Å². The fourth-order valence-corrected chi connectivity index (χ4v) is 1.69. The van der Waals surface area contributed by atoms with Crippen LogP contribution in [0, 0.1) is 23.2 Å². The Kier molecular flexibility index (Phi) is 6.82. The molecular formula is C17H27NO4. The zero-order valence-electron chi connectivity index (χ0n) is 14.8. The van der Waals surface area contributed by atoms with Crippen molar-refractivity contribution in [1.29, 1.82) is 0 Å². The molecule has 0 radical (unpaired) electrons. The summed E-state index contributed by atoms with van der Waals surface area (Å²) in [6, 6.07) is -0.899. The van der Waals surface area contributed by atoms with Crippen molar-refractivity contribution in [2.24, 2.45) is 11.3 Å². The number of hydrogen-bond acceptors (Lipinski definition) is 4. The van der Waals surface area contributed by atoms with E-state index in [1.54, 1.807) is 20.8 Å². The predicted molar refractivity (Wildman–Crippen MR) is 85.2 cm³/mol. The molecule has 5 heteroatoms. The maximum absolute atomic E-state index is 11.9. The zero-order chi connectivity index (χ0) is 17.7. The van der Waals surface area contributed by atoms with Gasteiger partial charge < -0.3 is 10.1 Å². The molecule has 0 aromatic carbocycles. The summed E-state index contributed by atoms with van der Waals surface area (Å²) >= 11 is 0. The van der Waals surface area contributed by atoms with Gasteiger partial charge in [0, 0.05) is 5.41 Å². The van der Waals surface area contributed by atoms with Gasteiger partial charge in [-0.05, 0) is 55.4 Å². The number of carbonyl (C=O) groups is 3.